The van der Waals surface area contributed by atoms with E-state index in [1.807, 2.05) is 13.8 Å². The second kappa shape index (κ2) is 5.29. The van der Waals surface area contributed by atoms with Gasteiger partial charge in [-0.2, -0.15) is 0 Å². The fraction of sp³-hybridized carbons (Fsp3) is 0.400. The molecule has 0 spiro atoms. The van der Waals surface area contributed by atoms with E-state index in [0.717, 1.165) is 17.8 Å². The number of nitrogens with one attached hydrogen (secondary N) is 2. The normalized spacial score (nSPS) is 10.1. The van der Waals surface area contributed by atoms with Crippen LogP contribution in [-0.2, 0) is 13.0 Å². The van der Waals surface area contributed by atoms with Crippen LogP contribution in [0.2, 0.25) is 0 Å². The Bertz CT molecular complexity index is 426. The number of halogens is 1. The summed E-state index contributed by atoms with van der Waals surface area (Å²) in [6.07, 6.45) is 0.753. The second-order valence-corrected chi connectivity index (χ2v) is 4.23. The Kier molecular flexibility index (Phi) is 4.31. The van der Waals surface area contributed by atoms with Gasteiger partial charge in [-0.25, -0.2) is 0 Å². The molecule has 0 unspecified atom stereocenters. The van der Waals surface area contributed by atoms with Gasteiger partial charge in [0.2, 0.25) is 0 Å². The third kappa shape index (κ3) is 3.33. The molecule has 0 aliphatic carbocycles. The van der Waals surface area contributed by atoms with E-state index >= 15 is 0 Å². The maximum absolute atomic E-state index is 11.7. The average Bonchev–Trinajstić information content (AvgIpc) is 2.14. The van der Waals surface area contributed by atoms with Crippen molar-refractivity contribution in [2.75, 3.05) is 0 Å². The van der Waals surface area contributed by atoms with Crippen molar-refractivity contribution in [3.05, 3.63) is 33.2 Å². The van der Waals surface area contributed by atoms with Gasteiger partial charge < -0.3 is 10.3 Å². The van der Waals surface area contributed by atoms with E-state index in [-0.39, 0.29) is 9.34 Å². The zero-order chi connectivity index (χ0) is 11.4. The molecule has 1 aromatic rings. The largest absolute Gasteiger partial charge is 0.362 e. The number of carbonyl (C=O) groups excluding carboxylic acids is 1. The van der Waals surface area contributed by atoms with E-state index in [0.29, 0.717) is 12.1 Å². The van der Waals surface area contributed by atoms with Crippen LogP contribution in [0.15, 0.2) is 10.9 Å². The molecule has 0 radical (unpaired) electrons. The Morgan fingerprint density at radius 3 is 2.80 bits per heavy atom. The first-order valence-electron chi connectivity index (χ1n) is 4.69. The van der Waals surface area contributed by atoms with Crippen LogP contribution in [-0.4, -0.2) is 8.90 Å². The second-order valence-electron chi connectivity index (χ2n) is 3.25. The van der Waals surface area contributed by atoms with Gasteiger partial charge in [-0.15, -0.1) is 0 Å². The van der Waals surface area contributed by atoms with Gasteiger partial charge in [0, 0.05) is 52.2 Å². The molecule has 4 nitrogen and oxygen atoms in total. The topological polar surface area (TPSA) is 62.0 Å². The lowest BCUT2D eigenvalue weighted by atomic mass is 10.1. The Balaban J connectivity index is 3.04. The third-order valence-corrected chi connectivity index (χ3v) is 2.50. The highest BCUT2D eigenvalue weighted by atomic mass is 127. The summed E-state index contributed by atoms with van der Waals surface area (Å²) in [6.45, 7) is 4.11. The van der Waals surface area contributed by atoms with Crippen molar-refractivity contribution < 1.29 is 4.79 Å². The van der Waals surface area contributed by atoms with Crippen LogP contribution in [0.5, 0.6) is 0 Å². The first-order valence-corrected chi connectivity index (χ1v) is 5.77. The van der Waals surface area contributed by atoms with Gasteiger partial charge in [0.15, 0.2) is 5.43 Å². The van der Waals surface area contributed by atoms with E-state index in [1.165, 1.54) is 0 Å². The lowest BCUT2D eigenvalue weighted by Crippen LogP contribution is -2.23. The number of hydrogen-bond acceptors (Lipinski definition) is 2. The van der Waals surface area contributed by atoms with E-state index in [2.05, 4.69) is 10.3 Å². The Hall–Kier alpha value is -0.850. The Morgan fingerprint density at radius 2 is 2.27 bits per heavy atom. The molecule has 0 aromatic carbocycles. The smallest absolute Gasteiger partial charge is 0.280 e. The first-order chi connectivity index (χ1) is 7.04. The highest BCUT2D eigenvalue weighted by Gasteiger charge is 2.07. The number of carbonyl (C=O) groups is 1. The van der Waals surface area contributed by atoms with Crippen LogP contribution in [0, 0.1) is 6.92 Å². The zero-order valence-electron chi connectivity index (χ0n) is 8.69. The lowest BCUT2D eigenvalue weighted by Gasteiger charge is -2.08. The zero-order valence-corrected chi connectivity index (χ0v) is 10.8. The third-order valence-electron chi connectivity index (χ3n) is 2.12. The molecule has 1 aromatic heterocycles. The number of aryl methyl sites for hydroxylation is 2. The highest BCUT2D eigenvalue weighted by molar-refractivity contribution is 14.1. The minimum atomic E-state index is -0.158. The number of pyridine rings is 1. The van der Waals surface area contributed by atoms with Crippen molar-refractivity contribution in [2.24, 2.45) is 0 Å². The number of aromatic nitrogens is 1. The molecule has 0 aliphatic heterocycles. The van der Waals surface area contributed by atoms with Gasteiger partial charge in [-0.1, -0.05) is 6.92 Å². The Labute approximate surface area is 102 Å². The summed E-state index contributed by atoms with van der Waals surface area (Å²) in [5.41, 5.74) is 2.37. The summed E-state index contributed by atoms with van der Waals surface area (Å²) in [5.74, 6) is 0. The molecule has 0 saturated heterocycles. The molecule has 15 heavy (non-hydrogen) atoms. The average molecular weight is 320 g/mol. The van der Waals surface area contributed by atoms with Crippen molar-refractivity contribution in [3.8, 4) is 0 Å². The van der Waals surface area contributed by atoms with Crippen LogP contribution in [0.4, 0.5) is 4.79 Å². The molecule has 1 amide bonds. The van der Waals surface area contributed by atoms with E-state index in [1.54, 1.807) is 28.7 Å². The van der Waals surface area contributed by atoms with Gasteiger partial charge in [-0.3, -0.25) is 9.59 Å². The molecule has 0 aliphatic rings. The molecule has 0 atom stereocenters. The highest BCUT2D eigenvalue weighted by Crippen LogP contribution is 2.03. The molecule has 1 rings (SSSR count). The Morgan fingerprint density at radius 1 is 1.60 bits per heavy atom. The standard InChI is InChI=1S/C10H13IN2O2/c1-3-8-7(5-12-10(11)15)9(14)4-6(2)13-8/h4H,3,5H2,1-2H3,(H,12,15)(H,13,14). The van der Waals surface area contributed by atoms with Gasteiger partial charge in [0.05, 0.1) is 0 Å². The summed E-state index contributed by atoms with van der Waals surface area (Å²) in [4.78, 5) is 25.6. The predicted octanol–water partition coefficient (Wildman–Crippen LogP) is 1.89. The van der Waals surface area contributed by atoms with Crippen molar-refractivity contribution >= 4 is 26.5 Å². The van der Waals surface area contributed by atoms with Crippen molar-refractivity contribution in [1.29, 1.82) is 0 Å². The number of aromatic amines is 1. The molecule has 82 valence electrons. The number of amides is 1. The van der Waals surface area contributed by atoms with Gasteiger partial charge in [0.25, 0.3) is 3.91 Å². The van der Waals surface area contributed by atoms with Crippen LogP contribution in [0.3, 0.4) is 0 Å². The quantitative estimate of drug-likeness (QED) is 0.508. The van der Waals surface area contributed by atoms with Crippen LogP contribution in [0.25, 0.3) is 0 Å². The van der Waals surface area contributed by atoms with Gasteiger partial charge in [-0.05, 0) is 13.3 Å². The van der Waals surface area contributed by atoms with Crippen molar-refractivity contribution in [3.63, 3.8) is 0 Å². The fourth-order valence-electron chi connectivity index (χ4n) is 1.44. The van der Waals surface area contributed by atoms with Crippen LogP contribution < -0.4 is 10.7 Å². The number of H-pyrrole nitrogens is 1. The summed E-state index contributed by atoms with van der Waals surface area (Å²) in [5, 5.41) is 2.62. The SMILES string of the molecule is CCc1[nH]c(C)cc(=O)c1CNC(=O)I. The number of hydrogen-bond donors (Lipinski definition) is 2. The summed E-state index contributed by atoms with van der Waals surface area (Å²) < 4.78 is -0.158. The molecule has 0 fully saturated rings. The predicted molar refractivity (Wildman–Crippen MR) is 67.4 cm³/mol. The van der Waals surface area contributed by atoms with Crippen LogP contribution >= 0.6 is 22.6 Å². The minimum absolute atomic E-state index is 0.0201. The van der Waals surface area contributed by atoms with E-state index in [4.69, 9.17) is 0 Å². The van der Waals surface area contributed by atoms with Gasteiger partial charge in [0.1, 0.15) is 0 Å². The first kappa shape index (κ1) is 12.2. The van der Waals surface area contributed by atoms with E-state index < -0.39 is 0 Å². The van der Waals surface area contributed by atoms with Crippen molar-refractivity contribution in [2.45, 2.75) is 26.8 Å². The molecule has 0 bridgehead atoms. The molecule has 2 N–H and O–H groups in total. The molecule has 1 heterocycles. The fourth-order valence-corrected chi connectivity index (χ4v) is 1.63. The molecular weight excluding hydrogens is 307 g/mol. The molecule has 0 saturated carbocycles. The number of rotatable bonds is 3. The summed E-state index contributed by atoms with van der Waals surface area (Å²) in [6, 6.07) is 1.55. The lowest BCUT2D eigenvalue weighted by molar-refractivity contribution is 0.262. The maximum atomic E-state index is 11.7. The monoisotopic (exact) mass is 320 g/mol. The molecule has 5 heteroatoms. The van der Waals surface area contributed by atoms with Gasteiger partial charge >= 0.3 is 0 Å². The summed E-state index contributed by atoms with van der Waals surface area (Å²) in [7, 11) is 0. The van der Waals surface area contributed by atoms with Crippen LogP contribution in [0.1, 0.15) is 23.9 Å². The maximum Gasteiger partial charge on any atom is 0.280 e. The minimum Gasteiger partial charge on any atom is -0.362 e. The van der Waals surface area contributed by atoms with E-state index in [9.17, 15) is 9.59 Å². The summed E-state index contributed by atoms with van der Waals surface area (Å²) >= 11 is 1.65. The molecular formula is C10H13IN2O2. The van der Waals surface area contributed by atoms with Crippen molar-refractivity contribution in [1.82, 2.24) is 10.3 Å².